The van der Waals surface area contributed by atoms with Crippen LogP contribution in [0.1, 0.15) is 41.0 Å². The Kier molecular flexibility index (Phi) is 7.04. The van der Waals surface area contributed by atoms with Gasteiger partial charge in [0, 0.05) is 17.7 Å². The van der Waals surface area contributed by atoms with Gasteiger partial charge < -0.3 is 15.4 Å². The first kappa shape index (κ1) is 19.8. The molecule has 2 aromatic carbocycles. The van der Waals surface area contributed by atoms with Crippen LogP contribution in [-0.2, 0) is 0 Å². The Morgan fingerprint density at radius 1 is 1.04 bits per heavy atom. The van der Waals surface area contributed by atoms with E-state index < -0.39 is 0 Å². The summed E-state index contributed by atoms with van der Waals surface area (Å²) in [5.74, 6) is 0.675. The smallest absolute Gasteiger partial charge is 0.255 e. The van der Waals surface area contributed by atoms with Gasteiger partial charge in [-0.15, -0.1) is 0 Å². The van der Waals surface area contributed by atoms with E-state index in [0.717, 1.165) is 6.42 Å². The molecule has 6 heteroatoms. The Labute approximate surface area is 158 Å². The lowest BCUT2D eigenvalue weighted by molar-refractivity contribution is 0.0950. The molecule has 0 aliphatic heterocycles. The van der Waals surface area contributed by atoms with Crippen LogP contribution in [0, 0.1) is 5.92 Å². The van der Waals surface area contributed by atoms with Gasteiger partial charge in [-0.1, -0.05) is 25.4 Å². The van der Waals surface area contributed by atoms with Gasteiger partial charge in [-0.25, -0.2) is 0 Å². The molecule has 0 spiro atoms. The van der Waals surface area contributed by atoms with Gasteiger partial charge in [0.2, 0.25) is 0 Å². The van der Waals surface area contributed by atoms with Crippen molar-refractivity contribution in [3.8, 4) is 5.75 Å². The van der Waals surface area contributed by atoms with Crippen LogP contribution in [0.3, 0.4) is 0 Å². The number of anilines is 1. The van der Waals surface area contributed by atoms with Crippen molar-refractivity contribution in [3.63, 3.8) is 0 Å². The van der Waals surface area contributed by atoms with E-state index in [1.165, 1.54) is 0 Å². The van der Waals surface area contributed by atoms with Crippen molar-refractivity contribution in [2.45, 2.75) is 20.3 Å². The molecule has 0 aliphatic carbocycles. The van der Waals surface area contributed by atoms with Gasteiger partial charge in [-0.2, -0.15) is 0 Å². The van der Waals surface area contributed by atoms with Crippen LogP contribution < -0.4 is 15.4 Å². The Bertz CT molecular complexity index is 773. The van der Waals surface area contributed by atoms with Gasteiger partial charge >= 0.3 is 0 Å². The molecular weight excluding hydrogens is 352 g/mol. The van der Waals surface area contributed by atoms with Crippen molar-refractivity contribution in [1.82, 2.24) is 5.32 Å². The second-order valence-corrected chi connectivity index (χ2v) is 6.72. The summed E-state index contributed by atoms with van der Waals surface area (Å²) in [6.07, 6.45) is 0.903. The molecule has 0 fully saturated rings. The zero-order valence-corrected chi connectivity index (χ0v) is 15.9. The second kappa shape index (κ2) is 9.25. The minimum Gasteiger partial charge on any atom is -0.497 e. The maximum atomic E-state index is 12.4. The predicted molar refractivity (Wildman–Crippen MR) is 104 cm³/mol. The van der Waals surface area contributed by atoms with E-state index in [1.807, 2.05) is 0 Å². The maximum absolute atomic E-state index is 12.4. The van der Waals surface area contributed by atoms with E-state index >= 15 is 0 Å². The molecule has 0 aromatic heterocycles. The summed E-state index contributed by atoms with van der Waals surface area (Å²) in [4.78, 5) is 24.6. The largest absolute Gasteiger partial charge is 0.497 e. The number of methoxy groups -OCH3 is 1. The van der Waals surface area contributed by atoms with E-state index in [2.05, 4.69) is 24.5 Å². The molecule has 2 N–H and O–H groups in total. The maximum Gasteiger partial charge on any atom is 0.255 e. The fourth-order valence-corrected chi connectivity index (χ4v) is 2.44. The summed E-state index contributed by atoms with van der Waals surface area (Å²) in [6.45, 7) is 4.80. The van der Waals surface area contributed by atoms with Crippen molar-refractivity contribution >= 4 is 29.1 Å². The van der Waals surface area contributed by atoms with Gasteiger partial charge in [-0.3, -0.25) is 9.59 Å². The number of benzene rings is 2. The number of carbonyl (C=O) groups excluding carboxylic acids is 2. The Balaban J connectivity index is 2.08. The van der Waals surface area contributed by atoms with Crippen LogP contribution in [-0.4, -0.2) is 25.5 Å². The summed E-state index contributed by atoms with van der Waals surface area (Å²) >= 11 is 6.16. The van der Waals surface area contributed by atoms with E-state index in [4.69, 9.17) is 16.3 Å². The number of carbonyl (C=O) groups is 2. The van der Waals surface area contributed by atoms with Crippen LogP contribution in [0.15, 0.2) is 42.5 Å². The quantitative estimate of drug-likeness (QED) is 0.755. The van der Waals surface area contributed by atoms with E-state index in [0.29, 0.717) is 40.0 Å². The molecule has 0 aliphatic rings. The van der Waals surface area contributed by atoms with E-state index in [-0.39, 0.29) is 11.8 Å². The first-order chi connectivity index (χ1) is 12.4. The summed E-state index contributed by atoms with van der Waals surface area (Å²) in [5, 5.41) is 5.97. The van der Waals surface area contributed by atoms with Crippen molar-refractivity contribution < 1.29 is 14.3 Å². The predicted octanol–water partition coefficient (Wildman–Crippen LogP) is 4.38. The van der Waals surface area contributed by atoms with Crippen LogP contribution in [0.5, 0.6) is 5.75 Å². The highest BCUT2D eigenvalue weighted by atomic mass is 35.5. The fraction of sp³-hybridized carbons (Fsp3) is 0.300. The molecule has 0 radical (unpaired) electrons. The van der Waals surface area contributed by atoms with E-state index in [1.54, 1.807) is 49.6 Å². The Morgan fingerprint density at radius 2 is 1.69 bits per heavy atom. The summed E-state index contributed by atoms with van der Waals surface area (Å²) < 4.78 is 5.08. The van der Waals surface area contributed by atoms with Crippen LogP contribution in [0.4, 0.5) is 5.69 Å². The van der Waals surface area contributed by atoms with Crippen molar-refractivity contribution in [3.05, 3.63) is 58.6 Å². The number of rotatable bonds is 7. The zero-order valence-electron chi connectivity index (χ0n) is 15.1. The van der Waals surface area contributed by atoms with Crippen molar-refractivity contribution in [2.75, 3.05) is 19.0 Å². The molecule has 0 atom stereocenters. The van der Waals surface area contributed by atoms with E-state index in [9.17, 15) is 9.59 Å². The third-order valence-electron chi connectivity index (χ3n) is 3.84. The third-order valence-corrected chi connectivity index (χ3v) is 4.17. The molecule has 0 saturated heterocycles. The number of hydrogen-bond donors (Lipinski definition) is 2. The number of halogens is 1. The number of ether oxygens (including phenoxy) is 1. The second-order valence-electron chi connectivity index (χ2n) is 6.32. The fourth-order valence-electron chi connectivity index (χ4n) is 2.28. The van der Waals surface area contributed by atoms with Gasteiger partial charge in [-0.05, 0) is 54.8 Å². The lowest BCUT2D eigenvalue weighted by Crippen LogP contribution is -2.25. The summed E-state index contributed by atoms with van der Waals surface area (Å²) in [5.41, 5.74) is 1.31. The van der Waals surface area contributed by atoms with Crippen molar-refractivity contribution in [2.24, 2.45) is 5.92 Å². The average molecular weight is 375 g/mol. The normalized spacial score (nSPS) is 10.5. The molecule has 2 amide bonds. The highest BCUT2D eigenvalue weighted by Crippen LogP contribution is 2.24. The monoisotopic (exact) mass is 374 g/mol. The first-order valence-electron chi connectivity index (χ1n) is 8.44. The van der Waals surface area contributed by atoms with Gasteiger partial charge in [0.25, 0.3) is 11.8 Å². The molecule has 26 heavy (non-hydrogen) atoms. The minimum absolute atomic E-state index is 0.192. The van der Waals surface area contributed by atoms with Gasteiger partial charge in [0.1, 0.15) is 5.75 Å². The highest BCUT2D eigenvalue weighted by Gasteiger charge is 2.12. The zero-order chi connectivity index (χ0) is 19.1. The Hall–Kier alpha value is -2.53. The topological polar surface area (TPSA) is 67.4 Å². The number of nitrogens with one attached hydrogen (secondary N) is 2. The van der Waals surface area contributed by atoms with Gasteiger partial charge in [0.15, 0.2) is 0 Å². The average Bonchev–Trinajstić information content (AvgIpc) is 2.63. The lowest BCUT2D eigenvalue weighted by Gasteiger charge is -2.11. The molecule has 0 bridgehead atoms. The van der Waals surface area contributed by atoms with Crippen LogP contribution in [0.25, 0.3) is 0 Å². The van der Waals surface area contributed by atoms with Crippen LogP contribution in [0.2, 0.25) is 5.02 Å². The first-order valence-corrected chi connectivity index (χ1v) is 8.81. The highest BCUT2D eigenvalue weighted by molar-refractivity contribution is 6.34. The number of amides is 2. The molecule has 2 aromatic rings. The standard InChI is InChI=1S/C20H23ClN2O3/c1-13(2)10-11-22-19(24)15-6-9-17(21)18(12-15)23-20(25)14-4-7-16(26-3)8-5-14/h4-9,12-13H,10-11H2,1-3H3,(H,22,24)(H,23,25). The van der Waals surface area contributed by atoms with Gasteiger partial charge in [0.05, 0.1) is 17.8 Å². The lowest BCUT2D eigenvalue weighted by atomic mass is 10.1. The minimum atomic E-state index is -0.313. The van der Waals surface area contributed by atoms with Crippen molar-refractivity contribution in [1.29, 1.82) is 0 Å². The third kappa shape index (κ3) is 5.49. The number of hydrogen-bond acceptors (Lipinski definition) is 3. The summed E-state index contributed by atoms with van der Waals surface area (Å²) in [6, 6.07) is 11.5. The molecular formula is C20H23ClN2O3. The SMILES string of the molecule is COc1ccc(C(=O)Nc2cc(C(=O)NCCC(C)C)ccc2Cl)cc1. The molecule has 0 saturated carbocycles. The Morgan fingerprint density at radius 3 is 2.31 bits per heavy atom. The molecule has 5 nitrogen and oxygen atoms in total. The summed E-state index contributed by atoms with van der Waals surface area (Å²) in [7, 11) is 1.56. The van der Waals surface area contributed by atoms with Crippen LogP contribution >= 0.6 is 11.6 Å². The molecule has 2 rings (SSSR count). The molecule has 0 unspecified atom stereocenters. The molecule has 0 heterocycles. The molecule has 138 valence electrons.